The number of hydrogen-bond acceptors (Lipinski definition) is 3. The van der Waals surface area contributed by atoms with Crippen LogP contribution in [0.5, 0.6) is 5.75 Å². The van der Waals surface area contributed by atoms with Gasteiger partial charge in [0.2, 0.25) is 0 Å². The first-order chi connectivity index (χ1) is 10.0. The maximum absolute atomic E-state index is 13.6. The van der Waals surface area contributed by atoms with Gasteiger partial charge in [-0.2, -0.15) is 0 Å². The lowest BCUT2D eigenvalue weighted by atomic mass is 10.2. The van der Waals surface area contributed by atoms with Crippen molar-refractivity contribution < 1.29 is 14.1 Å². The zero-order chi connectivity index (χ0) is 15.4. The van der Waals surface area contributed by atoms with E-state index in [4.69, 9.17) is 16.3 Å². The van der Waals surface area contributed by atoms with E-state index in [0.717, 1.165) is 0 Å². The second-order valence-electron chi connectivity index (χ2n) is 4.21. The van der Waals surface area contributed by atoms with Crippen LogP contribution in [0, 0.1) is 15.9 Å². The minimum Gasteiger partial charge on any atom is -0.488 e. The standard InChI is InChI=1S/C14H10BrClFNO3/c15-7-9-6-12(18(19)20)2-4-14(9)21-8-10-5-11(16)1-3-13(10)17/h1-6H,7-8H2. The van der Waals surface area contributed by atoms with Crippen molar-refractivity contribution in [1.82, 2.24) is 0 Å². The van der Waals surface area contributed by atoms with Gasteiger partial charge in [-0.05, 0) is 24.3 Å². The molecule has 0 spiro atoms. The van der Waals surface area contributed by atoms with Gasteiger partial charge in [-0.1, -0.05) is 27.5 Å². The van der Waals surface area contributed by atoms with Crippen LogP contribution < -0.4 is 4.74 Å². The Labute approximate surface area is 133 Å². The normalized spacial score (nSPS) is 10.4. The molecule has 7 heteroatoms. The minimum atomic E-state index is -0.480. The van der Waals surface area contributed by atoms with Crippen LogP contribution in [-0.2, 0) is 11.9 Å². The summed E-state index contributed by atoms with van der Waals surface area (Å²) in [4.78, 5) is 10.2. The van der Waals surface area contributed by atoms with Crippen molar-refractivity contribution in [2.75, 3.05) is 0 Å². The van der Waals surface area contributed by atoms with E-state index < -0.39 is 10.7 Å². The summed E-state index contributed by atoms with van der Waals surface area (Å²) in [5, 5.41) is 11.5. The van der Waals surface area contributed by atoms with E-state index in [1.54, 1.807) is 0 Å². The molecule has 0 N–H and O–H groups in total. The molecule has 110 valence electrons. The fourth-order valence-corrected chi connectivity index (χ4v) is 2.37. The summed E-state index contributed by atoms with van der Waals surface area (Å²) >= 11 is 9.05. The monoisotopic (exact) mass is 373 g/mol. The third kappa shape index (κ3) is 3.92. The summed E-state index contributed by atoms with van der Waals surface area (Å²) in [7, 11) is 0. The Kier molecular flexibility index (Phi) is 5.14. The topological polar surface area (TPSA) is 52.4 Å². The second-order valence-corrected chi connectivity index (χ2v) is 5.20. The molecule has 0 amide bonds. The van der Waals surface area contributed by atoms with E-state index in [1.165, 1.54) is 36.4 Å². The van der Waals surface area contributed by atoms with E-state index in [9.17, 15) is 14.5 Å². The van der Waals surface area contributed by atoms with E-state index in [1.807, 2.05) is 0 Å². The molecule has 0 radical (unpaired) electrons. The summed E-state index contributed by atoms with van der Waals surface area (Å²) in [5.74, 6) is 0.0403. The van der Waals surface area contributed by atoms with Crippen molar-refractivity contribution in [1.29, 1.82) is 0 Å². The van der Waals surface area contributed by atoms with Gasteiger partial charge in [-0.25, -0.2) is 4.39 Å². The molecule has 0 unspecified atom stereocenters. The Balaban J connectivity index is 2.19. The van der Waals surface area contributed by atoms with Crippen LogP contribution in [0.2, 0.25) is 5.02 Å². The molecule has 0 heterocycles. The average Bonchev–Trinajstić information content (AvgIpc) is 2.47. The van der Waals surface area contributed by atoms with Gasteiger partial charge in [0.05, 0.1) is 4.92 Å². The minimum absolute atomic E-state index is 0.00972. The first-order valence-electron chi connectivity index (χ1n) is 5.91. The van der Waals surface area contributed by atoms with Gasteiger partial charge >= 0.3 is 0 Å². The number of halogens is 3. The highest BCUT2D eigenvalue weighted by Gasteiger charge is 2.12. The second kappa shape index (κ2) is 6.87. The summed E-state index contributed by atoms with van der Waals surface area (Å²) < 4.78 is 19.1. The van der Waals surface area contributed by atoms with E-state index in [2.05, 4.69) is 15.9 Å². The van der Waals surface area contributed by atoms with Gasteiger partial charge < -0.3 is 4.74 Å². The van der Waals surface area contributed by atoms with Gasteiger partial charge in [0, 0.05) is 33.6 Å². The predicted molar refractivity (Wildman–Crippen MR) is 81.5 cm³/mol. The zero-order valence-electron chi connectivity index (χ0n) is 10.7. The van der Waals surface area contributed by atoms with Gasteiger partial charge in [-0.15, -0.1) is 0 Å². The largest absolute Gasteiger partial charge is 0.488 e. The van der Waals surface area contributed by atoms with Crippen LogP contribution >= 0.6 is 27.5 Å². The number of rotatable bonds is 5. The Hall–Kier alpha value is -1.66. The third-order valence-electron chi connectivity index (χ3n) is 2.79. The van der Waals surface area contributed by atoms with Gasteiger partial charge in [0.25, 0.3) is 5.69 Å². The number of nitro benzene ring substituents is 1. The molecule has 2 aromatic rings. The molecule has 2 aromatic carbocycles. The number of alkyl halides is 1. The molecule has 0 saturated heterocycles. The van der Waals surface area contributed by atoms with Crippen LogP contribution in [0.4, 0.5) is 10.1 Å². The van der Waals surface area contributed by atoms with Crippen LogP contribution in [0.3, 0.4) is 0 Å². The molecule has 0 atom stereocenters. The van der Waals surface area contributed by atoms with Crippen LogP contribution in [0.15, 0.2) is 36.4 Å². The molecule has 2 rings (SSSR count). The molecule has 0 aromatic heterocycles. The summed E-state index contributed by atoms with van der Waals surface area (Å²) in [5.41, 5.74) is 0.916. The number of ether oxygens (including phenoxy) is 1. The molecule has 0 bridgehead atoms. The van der Waals surface area contributed by atoms with Gasteiger partial charge in [-0.3, -0.25) is 10.1 Å². The maximum atomic E-state index is 13.6. The Morgan fingerprint density at radius 1 is 1.24 bits per heavy atom. The highest BCUT2D eigenvalue weighted by atomic mass is 79.9. The number of hydrogen-bond donors (Lipinski definition) is 0. The van der Waals surface area contributed by atoms with Gasteiger partial charge in [0.15, 0.2) is 0 Å². The SMILES string of the molecule is O=[N+]([O-])c1ccc(OCc2cc(Cl)ccc2F)c(CBr)c1. The maximum Gasteiger partial charge on any atom is 0.270 e. The molecule has 0 saturated carbocycles. The smallest absolute Gasteiger partial charge is 0.270 e. The summed E-state index contributed by atoms with van der Waals surface area (Å²) in [6.45, 7) is -0.00972. The Morgan fingerprint density at radius 3 is 2.67 bits per heavy atom. The van der Waals surface area contributed by atoms with Crippen LogP contribution in [-0.4, -0.2) is 4.92 Å². The lowest BCUT2D eigenvalue weighted by Crippen LogP contribution is -2.01. The van der Waals surface area contributed by atoms with E-state index >= 15 is 0 Å². The molecule has 0 aliphatic rings. The van der Waals surface area contributed by atoms with Crippen LogP contribution in [0.1, 0.15) is 11.1 Å². The highest BCUT2D eigenvalue weighted by Crippen LogP contribution is 2.27. The van der Waals surface area contributed by atoms with Crippen molar-refractivity contribution in [3.63, 3.8) is 0 Å². The number of nitrogens with zero attached hydrogens (tertiary/aromatic N) is 1. The van der Waals surface area contributed by atoms with E-state index in [0.29, 0.717) is 27.2 Å². The highest BCUT2D eigenvalue weighted by molar-refractivity contribution is 9.08. The first kappa shape index (κ1) is 15.7. The van der Waals surface area contributed by atoms with Crippen molar-refractivity contribution >= 4 is 33.2 Å². The average molecular weight is 375 g/mol. The fraction of sp³-hybridized carbons (Fsp3) is 0.143. The van der Waals surface area contributed by atoms with E-state index in [-0.39, 0.29) is 12.3 Å². The van der Waals surface area contributed by atoms with Crippen molar-refractivity contribution in [3.8, 4) is 5.75 Å². The lowest BCUT2D eigenvalue weighted by molar-refractivity contribution is -0.384. The molecular formula is C14H10BrClFNO3. The number of non-ortho nitro benzene ring substituents is 1. The Morgan fingerprint density at radius 2 is 2.00 bits per heavy atom. The summed E-state index contributed by atoms with van der Waals surface area (Å²) in [6, 6.07) is 8.46. The predicted octanol–water partition coefficient (Wildman–Crippen LogP) is 4.86. The Bertz CT molecular complexity index is 681. The van der Waals surface area contributed by atoms with Crippen molar-refractivity contribution in [2.45, 2.75) is 11.9 Å². The summed E-state index contributed by atoms with van der Waals surface area (Å²) in [6.07, 6.45) is 0. The molecule has 21 heavy (non-hydrogen) atoms. The molecule has 0 aliphatic carbocycles. The van der Waals surface area contributed by atoms with Crippen molar-refractivity contribution in [3.05, 3.63) is 68.5 Å². The molecule has 4 nitrogen and oxygen atoms in total. The zero-order valence-corrected chi connectivity index (χ0v) is 13.0. The lowest BCUT2D eigenvalue weighted by Gasteiger charge is -2.10. The first-order valence-corrected chi connectivity index (χ1v) is 7.41. The molecule has 0 fully saturated rings. The molecular weight excluding hydrogens is 365 g/mol. The van der Waals surface area contributed by atoms with Crippen LogP contribution in [0.25, 0.3) is 0 Å². The molecule has 0 aliphatic heterocycles. The quantitative estimate of drug-likeness (QED) is 0.426. The van der Waals surface area contributed by atoms with Gasteiger partial charge in [0.1, 0.15) is 18.2 Å². The third-order valence-corrected chi connectivity index (χ3v) is 3.63. The number of benzene rings is 2. The fourth-order valence-electron chi connectivity index (χ4n) is 1.73. The van der Waals surface area contributed by atoms with Crippen molar-refractivity contribution in [2.24, 2.45) is 0 Å². The number of nitro groups is 1.